The summed E-state index contributed by atoms with van der Waals surface area (Å²) in [5.41, 5.74) is 3.66. The minimum Gasteiger partial charge on any atom is -0.361 e. The second-order valence-corrected chi connectivity index (χ2v) is 12.2. The number of amides is 3. The first kappa shape index (κ1) is 28.1. The second-order valence-electron chi connectivity index (χ2n) is 12.2. The molecule has 4 aromatic rings. The lowest BCUT2D eigenvalue weighted by atomic mass is 10.0. The molecule has 2 aromatic heterocycles. The standard InChI is InChI=1S/C32H41N7O3/c1-22(2)21-36-15-17-37(18-16-36)30(40)28(20-23-7-8-26-24(19-23)9-12-33-26)35-31(41)38-13-10-25(11-14-38)39-29-6-4-3-5-27(29)34-32(39)42/h3-9,12,19,22,25,28,33H,10-11,13-18,20-21H2,1-2H3,(H,34,42)(H,35,41). The van der Waals surface area contributed by atoms with Gasteiger partial charge in [-0.15, -0.1) is 0 Å². The second kappa shape index (κ2) is 12.1. The number of hydrogen-bond donors (Lipinski definition) is 3. The number of piperazine rings is 1. The number of nitrogens with one attached hydrogen (secondary N) is 3. The van der Waals surface area contributed by atoms with E-state index in [2.05, 4.69) is 40.1 Å². The van der Waals surface area contributed by atoms with Gasteiger partial charge >= 0.3 is 11.7 Å². The topological polar surface area (TPSA) is 109 Å². The lowest BCUT2D eigenvalue weighted by Gasteiger charge is -2.38. The Morgan fingerprint density at radius 3 is 2.45 bits per heavy atom. The smallest absolute Gasteiger partial charge is 0.326 e. The highest BCUT2D eigenvalue weighted by atomic mass is 16.2. The molecule has 2 aliphatic rings. The molecular weight excluding hydrogens is 530 g/mol. The molecule has 2 fully saturated rings. The van der Waals surface area contributed by atoms with Gasteiger partial charge in [-0.1, -0.05) is 32.0 Å². The summed E-state index contributed by atoms with van der Waals surface area (Å²) in [5, 5.41) is 4.19. The van der Waals surface area contributed by atoms with Crippen LogP contribution < -0.4 is 11.0 Å². The number of piperidine rings is 1. The van der Waals surface area contributed by atoms with E-state index in [-0.39, 0.29) is 23.7 Å². The van der Waals surface area contributed by atoms with Crippen LogP contribution in [0.2, 0.25) is 0 Å². The summed E-state index contributed by atoms with van der Waals surface area (Å²) >= 11 is 0. The Balaban J connectivity index is 1.14. The van der Waals surface area contributed by atoms with Crippen LogP contribution in [0.1, 0.15) is 38.3 Å². The van der Waals surface area contributed by atoms with Gasteiger partial charge < -0.3 is 25.1 Å². The third-order valence-corrected chi connectivity index (χ3v) is 8.70. The van der Waals surface area contributed by atoms with Gasteiger partial charge in [0.05, 0.1) is 11.0 Å². The average Bonchev–Trinajstić information content (AvgIpc) is 3.59. The Hall–Kier alpha value is -4.05. The molecule has 0 saturated carbocycles. The molecule has 6 rings (SSSR count). The quantitative estimate of drug-likeness (QED) is 0.315. The van der Waals surface area contributed by atoms with E-state index in [0.717, 1.165) is 47.1 Å². The van der Waals surface area contributed by atoms with Crippen LogP contribution in [-0.4, -0.2) is 93.0 Å². The number of H-pyrrole nitrogens is 2. The number of rotatable bonds is 7. The molecule has 0 radical (unpaired) electrons. The normalized spacial score (nSPS) is 17.8. The SMILES string of the molecule is CC(C)CN1CCN(C(=O)C(Cc2ccc3[nH]ccc3c2)NC(=O)N2CCC(n3c(=O)[nH]c4ccccc43)CC2)CC1. The minimum absolute atomic E-state index is 0.0188. The molecule has 0 spiro atoms. The molecule has 42 heavy (non-hydrogen) atoms. The van der Waals surface area contributed by atoms with Crippen LogP contribution in [0.15, 0.2) is 59.5 Å². The zero-order valence-electron chi connectivity index (χ0n) is 24.5. The maximum atomic E-state index is 13.9. The van der Waals surface area contributed by atoms with Gasteiger partial charge in [0, 0.05) is 70.0 Å². The largest absolute Gasteiger partial charge is 0.361 e. The van der Waals surface area contributed by atoms with Gasteiger partial charge in [0.1, 0.15) is 6.04 Å². The molecule has 222 valence electrons. The highest BCUT2D eigenvalue weighted by Crippen LogP contribution is 2.25. The van der Waals surface area contributed by atoms with Gasteiger partial charge in [0.15, 0.2) is 0 Å². The number of para-hydroxylation sites is 2. The predicted octanol–water partition coefficient (Wildman–Crippen LogP) is 3.57. The van der Waals surface area contributed by atoms with Crippen molar-refractivity contribution in [3.63, 3.8) is 0 Å². The van der Waals surface area contributed by atoms with E-state index in [1.54, 1.807) is 4.90 Å². The molecule has 1 unspecified atom stereocenters. The predicted molar refractivity (Wildman–Crippen MR) is 165 cm³/mol. The van der Waals surface area contributed by atoms with Gasteiger partial charge in [-0.25, -0.2) is 9.59 Å². The van der Waals surface area contributed by atoms with E-state index in [1.807, 2.05) is 58.1 Å². The molecule has 10 heteroatoms. The molecular formula is C32H41N7O3. The Morgan fingerprint density at radius 2 is 1.69 bits per heavy atom. The van der Waals surface area contributed by atoms with Gasteiger partial charge in [-0.05, 0) is 60.0 Å². The number of imidazole rings is 1. The van der Waals surface area contributed by atoms with Crippen molar-refractivity contribution < 1.29 is 9.59 Å². The number of nitrogens with zero attached hydrogens (tertiary/aromatic N) is 4. The van der Waals surface area contributed by atoms with Gasteiger partial charge in [0.25, 0.3) is 0 Å². The first-order valence-corrected chi connectivity index (χ1v) is 15.2. The van der Waals surface area contributed by atoms with E-state index in [9.17, 15) is 14.4 Å². The fourth-order valence-electron chi connectivity index (χ4n) is 6.56. The summed E-state index contributed by atoms with van der Waals surface area (Å²) in [6.45, 7) is 9.52. The zero-order valence-corrected chi connectivity index (χ0v) is 24.5. The van der Waals surface area contributed by atoms with Crippen molar-refractivity contribution in [2.45, 2.75) is 45.2 Å². The third kappa shape index (κ3) is 5.94. The number of benzene rings is 2. The number of aromatic amines is 2. The fourth-order valence-corrected chi connectivity index (χ4v) is 6.56. The summed E-state index contributed by atoms with van der Waals surface area (Å²) in [5.74, 6) is 0.559. The van der Waals surface area contributed by atoms with E-state index in [0.29, 0.717) is 51.4 Å². The van der Waals surface area contributed by atoms with Crippen molar-refractivity contribution in [1.82, 2.24) is 34.6 Å². The maximum Gasteiger partial charge on any atom is 0.326 e. The molecule has 1 atom stereocenters. The van der Waals surface area contributed by atoms with E-state index in [1.165, 1.54) is 0 Å². The fraction of sp³-hybridized carbons (Fsp3) is 0.469. The number of hydrogen-bond acceptors (Lipinski definition) is 4. The Kier molecular flexibility index (Phi) is 8.06. The molecule has 0 aliphatic carbocycles. The van der Waals surface area contributed by atoms with Crippen molar-refractivity contribution in [1.29, 1.82) is 0 Å². The summed E-state index contributed by atoms with van der Waals surface area (Å²) < 4.78 is 1.83. The first-order chi connectivity index (χ1) is 20.4. The zero-order chi connectivity index (χ0) is 29.2. The molecule has 4 heterocycles. The minimum atomic E-state index is -0.653. The number of carbonyl (C=O) groups excluding carboxylic acids is 2. The van der Waals surface area contributed by atoms with Crippen LogP contribution in [0.25, 0.3) is 21.9 Å². The third-order valence-electron chi connectivity index (χ3n) is 8.70. The van der Waals surface area contributed by atoms with Crippen molar-refractivity contribution >= 4 is 33.9 Å². The summed E-state index contributed by atoms with van der Waals surface area (Å²) in [6, 6.07) is 15.0. The molecule has 2 aromatic carbocycles. The van der Waals surface area contributed by atoms with E-state index >= 15 is 0 Å². The number of carbonyl (C=O) groups is 2. The number of urea groups is 1. The van der Waals surface area contributed by atoms with Crippen molar-refractivity contribution in [3.8, 4) is 0 Å². The van der Waals surface area contributed by atoms with Crippen LogP contribution in [0, 0.1) is 5.92 Å². The van der Waals surface area contributed by atoms with Crippen molar-refractivity contribution in [2.24, 2.45) is 5.92 Å². The number of likely N-dealkylation sites (tertiary alicyclic amines) is 1. The monoisotopic (exact) mass is 571 g/mol. The van der Waals surface area contributed by atoms with Gasteiger partial charge in [0.2, 0.25) is 5.91 Å². The average molecular weight is 572 g/mol. The Morgan fingerprint density at radius 1 is 0.929 bits per heavy atom. The molecule has 3 N–H and O–H groups in total. The number of aromatic nitrogens is 3. The molecule has 2 aliphatic heterocycles. The van der Waals surface area contributed by atoms with Crippen LogP contribution in [0.4, 0.5) is 4.79 Å². The van der Waals surface area contributed by atoms with E-state index in [4.69, 9.17) is 0 Å². The van der Waals surface area contributed by atoms with Crippen LogP contribution in [0.3, 0.4) is 0 Å². The van der Waals surface area contributed by atoms with Crippen LogP contribution >= 0.6 is 0 Å². The lowest BCUT2D eigenvalue weighted by molar-refractivity contribution is -0.135. The highest BCUT2D eigenvalue weighted by Gasteiger charge is 2.32. The molecule has 0 bridgehead atoms. The molecule has 3 amide bonds. The highest BCUT2D eigenvalue weighted by molar-refractivity contribution is 5.88. The Labute approximate surface area is 245 Å². The summed E-state index contributed by atoms with van der Waals surface area (Å²) in [4.78, 5) is 52.4. The van der Waals surface area contributed by atoms with Crippen LogP contribution in [-0.2, 0) is 11.2 Å². The maximum absolute atomic E-state index is 13.9. The van der Waals surface area contributed by atoms with Gasteiger partial charge in [-0.3, -0.25) is 14.3 Å². The molecule has 10 nitrogen and oxygen atoms in total. The van der Waals surface area contributed by atoms with E-state index < -0.39 is 6.04 Å². The summed E-state index contributed by atoms with van der Waals surface area (Å²) in [7, 11) is 0. The van der Waals surface area contributed by atoms with Crippen molar-refractivity contribution in [2.75, 3.05) is 45.8 Å². The first-order valence-electron chi connectivity index (χ1n) is 15.2. The lowest BCUT2D eigenvalue weighted by Crippen LogP contribution is -2.57. The van der Waals surface area contributed by atoms with Crippen LogP contribution in [0.5, 0.6) is 0 Å². The Bertz CT molecular complexity index is 1600. The number of fused-ring (bicyclic) bond motifs is 2. The molecule has 2 saturated heterocycles. The van der Waals surface area contributed by atoms with Crippen molar-refractivity contribution in [3.05, 3.63) is 70.8 Å². The van der Waals surface area contributed by atoms with Gasteiger partial charge in [-0.2, -0.15) is 0 Å². The summed E-state index contributed by atoms with van der Waals surface area (Å²) in [6.07, 6.45) is 3.69.